The Balaban J connectivity index is 1.71. The second kappa shape index (κ2) is 6.13. The van der Waals surface area contributed by atoms with Crippen molar-refractivity contribution in [2.24, 2.45) is 0 Å². The third kappa shape index (κ3) is 2.72. The van der Waals surface area contributed by atoms with Crippen LogP contribution in [0.15, 0.2) is 91.0 Å². The molecule has 0 fully saturated rings. The fourth-order valence-corrected chi connectivity index (χ4v) is 3.00. The lowest BCUT2D eigenvalue weighted by Gasteiger charge is -2.05. The molecular weight excluding hydrogens is 292 g/mol. The topological polar surface area (TPSA) is 17.1 Å². The van der Waals surface area contributed by atoms with Crippen LogP contribution in [0.25, 0.3) is 27.6 Å². The summed E-state index contributed by atoms with van der Waals surface area (Å²) < 4.78 is 0. The van der Waals surface area contributed by atoms with Gasteiger partial charge in [-0.1, -0.05) is 84.9 Å². The Morgan fingerprint density at radius 3 is 2.25 bits per heavy atom. The molecule has 0 saturated carbocycles. The summed E-state index contributed by atoms with van der Waals surface area (Å²) in [5.41, 5.74) is 1.74. The van der Waals surface area contributed by atoms with Crippen molar-refractivity contribution in [3.05, 3.63) is 102 Å². The highest BCUT2D eigenvalue weighted by atomic mass is 16.1. The van der Waals surface area contributed by atoms with Crippen LogP contribution in [0.1, 0.15) is 15.9 Å². The Bertz CT molecular complexity index is 1060. The number of allylic oxidation sites excluding steroid dienone is 1. The Morgan fingerprint density at radius 1 is 0.667 bits per heavy atom. The van der Waals surface area contributed by atoms with Crippen LogP contribution >= 0.6 is 0 Å². The third-order valence-corrected chi connectivity index (χ3v) is 4.26. The zero-order valence-corrected chi connectivity index (χ0v) is 13.1. The van der Waals surface area contributed by atoms with Crippen molar-refractivity contribution in [1.29, 1.82) is 0 Å². The van der Waals surface area contributed by atoms with Gasteiger partial charge in [0.1, 0.15) is 0 Å². The Labute approximate surface area is 140 Å². The molecule has 0 radical (unpaired) electrons. The molecule has 4 aromatic carbocycles. The molecular formula is C23H16O. The van der Waals surface area contributed by atoms with Crippen LogP contribution in [0, 0.1) is 0 Å². The summed E-state index contributed by atoms with van der Waals surface area (Å²) in [6, 6.07) is 28.3. The molecule has 0 aliphatic heterocycles. The summed E-state index contributed by atoms with van der Waals surface area (Å²) in [5.74, 6) is 0.0221. The number of ketones is 1. The fraction of sp³-hybridized carbons (Fsp3) is 0. The minimum absolute atomic E-state index is 0.0221. The minimum Gasteiger partial charge on any atom is -0.289 e. The molecule has 1 heteroatoms. The second-order valence-corrected chi connectivity index (χ2v) is 5.83. The van der Waals surface area contributed by atoms with Gasteiger partial charge in [-0.3, -0.25) is 4.79 Å². The van der Waals surface area contributed by atoms with E-state index in [9.17, 15) is 4.79 Å². The molecule has 0 atom stereocenters. The van der Waals surface area contributed by atoms with Gasteiger partial charge in [0, 0.05) is 5.56 Å². The molecule has 24 heavy (non-hydrogen) atoms. The number of benzene rings is 4. The van der Waals surface area contributed by atoms with E-state index in [-0.39, 0.29) is 5.78 Å². The van der Waals surface area contributed by atoms with E-state index in [1.54, 1.807) is 6.08 Å². The maximum atomic E-state index is 12.4. The van der Waals surface area contributed by atoms with Crippen molar-refractivity contribution in [2.75, 3.05) is 0 Å². The Morgan fingerprint density at radius 2 is 1.38 bits per heavy atom. The largest absolute Gasteiger partial charge is 0.289 e. The lowest BCUT2D eigenvalue weighted by Crippen LogP contribution is -1.94. The van der Waals surface area contributed by atoms with Crippen molar-refractivity contribution in [3.63, 3.8) is 0 Å². The quantitative estimate of drug-likeness (QED) is 0.262. The van der Waals surface area contributed by atoms with Crippen LogP contribution in [0.4, 0.5) is 0 Å². The number of hydrogen-bond acceptors (Lipinski definition) is 1. The first kappa shape index (κ1) is 14.4. The molecule has 4 rings (SSSR count). The van der Waals surface area contributed by atoms with Crippen LogP contribution < -0.4 is 0 Å². The molecule has 0 aromatic heterocycles. The molecule has 0 saturated heterocycles. The van der Waals surface area contributed by atoms with Crippen molar-refractivity contribution in [1.82, 2.24) is 0 Å². The number of rotatable bonds is 3. The van der Waals surface area contributed by atoms with Gasteiger partial charge in [0.25, 0.3) is 0 Å². The average molecular weight is 308 g/mol. The third-order valence-electron chi connectivity index (χ3n) is 4.26. The Kier molecular flexibility index (Phi) is 3.68. The van der Waals surface area contributed by atoms with Gasteiger partial charge in [-0.2, -0.15) is 0 Å². The normalized spacial score (nSPS) is 11.3. The van der Waals surface area contributed by atoms with Crippen LogP contribution in [0.3, 0.4) is 0 Å². The summed E-state index contributed by atoms with van der Waals surface area (Å²) in [5, 5.41) is 4.70. The first-order chi connectivity index (χ1) is 11.8. The molecule has 0 spiro atoms. The smallest absolute Gasteiger partial charge is 0.185 e. The highest BCUT2D eigenvalue weighted by Crippen LogP contribution is 2.26. The minimum atomic E-state index is 0.0221. The molecule has 0 amide bonds. The number of carbonyl (C=O) groups is 1. The highest BCUT2D eigenvalue weighted by molar-refractivity contribution is 6.12. The van der Waals surface area contributed by atoms with Crippen molar-refractivity contribution in [2.45, 2.75) is 0 Å². The SMILES string of the molecule is O=C(/C=C/c1ccccc1)c1ccc2c(ccc3ccccc32)c1. The van der Waals surface area contributed by atoms with E-state index < -0.39 is 0 Å². The molecule has 4 aromatic rings. The first-order valence-electron chi connectivity index (χ1n) is 8.00. The Hall–Kier alpha value is -3.19. The van der Waals surface area contributed by atoms with Crippen LogP contribution in [0.2, 0.25) is 0 Å². The van der Waals surface area contributed by atoms with E-state index in [4.69, 9.17) is 0 Å². The van der Waals surface area contributed by atoms with Crippen molar-refractivity contribution < 1.29 is 4.79 Å². The second-order valence-electron chi connectivity index (χ2n) is 5.83. The van der Waals surface area contributed by atoms with E-state index in [1.165, 1.54) is 16.2 Å². The summed E-state index contributed by atoms with van der Waals surface area (Å²) in [6.07, 6.45) is 3.49. The van der Waals surface area contributed by atoms with Gasteiger partial charge < -0.3 is 0 Å². The molecule has 0 bridgehead atoms. The molecule has 0 N–H and O–H groups in total. The standard InChI is InChI=1S/C23H16O/c24-23(15-10-17-6-2-1-3-7-17)20-13-14-22-19(16-20)12-11-18-8-4-5-9-21(18)22/h1-16H/b15-10+. The predicted molar refractivity (Wildman–Crippen MR) is 101 cm³/mol. The van der Waals surface area contributed by atoms with E-state index >= 15 is 0 Å². The van der Waals surface area contributed by atoms with Gasteiger partial charge in [0.15, 0.2) is 5.78 Å². The van der Waals surface area contributed by atoms with Gasteiger partial charge in [-0.15, -0.1) is 0 Å². The van der Waals surface area contributed by atoms with E-state index in [0.717, 1.165) is 10.9 Å². The first-order valence-corrected chi connectivity index (χ1v) is 8.00. The number of hydrogen-bond donors (Lipinski definition) is 0. The van der Waals surface area contributed by atoms with Gasteiger partial charge in [0.05, 0.1) is 0 Å². The molecule has 0 aliphatic rings. The van der Waals surface area contributed by atoms with E-state index in [0.29, 0.717) is 5.56 Å². The average Bonchev–Trinajstić information content (AvgIpc) is 2.66. The van der Waals surface area contributed by atoms with Crippen LogP contribution in [-0.2, 0) is 0 Å². The predicted octanol–water partition coefficient (Wildman–Crippen LogP) is 5.89. The van der Waals surface area contributed by atoms with Crippen LogP contribution in [-0.4, -0.2) is 5.78 Å². The van der Waals surface area contributed by atoms with Gasteiger partial charge in [-0.25, -0.2) is 0 Å². The van der Waals surface area contributed by atoms with Crippen LogP contribution in [0.5, 0.6) is 0 Å². The monoisotopic (exact) mass is 308 g/mol. The van der Waals surface area contributed by atoms with Gasteiger partial charge in [0.2, 0.25) is 0 Å². The summed E-state index contributed by atoms with van der Waals surface area (Å²) in [6.45, 7) is 0. The van der Waals surface area contributed by atoms with Gasteiger partial charge in [-0.05, 0) is 39.3 Å². The molecule has 1 nitrogen and oxygen atoms in total. The zero-order chi connectivity index (χ0) is 16.4. The van der Waals surface area contributed by atoms with Crippen molar-refractivity contribution in [3.8, 4) is 0 Å². The highest BCUT2D eigenvalue weighted by Gasteiger charge is 2.05. The fourth-order valence-electron chi connectivity index (χ4n) is 3.00. The van der Waals surface area contributed by atoms with E-state index in [2.05, 4.69) is 24.3 Å². The van der Waals surface area contributed by atoms with Crippen molar-refractivity contribution >= 4 is 33.4 Å². The van der Waals surface area contributed by atoms with Gasteiger partial charge >= 0.3 is 0 Å². The summed E-state index contributed by atoms with van der Waals surface area (Å²) in [4.78, 5) is 12.4. The maximum absolute atomic E-state index is 12.4. The summed E-state index contributed by atoms with van der Waals surface area (Å²) in [7, 11) is 0. The maximum Gasteiger partial charge on any atom is 0.185 e. The van der Waals surface area contributed by atoms with E-state index in [1.807, 2.05) is 66.7 Å². The molecule has 0 unspecified atom stereocenters. The lowest BCUT2D eigenvalue weighted by atomic mass is 9.99. The number of carbonyl (C=O) groups excluding carboxylic acids is 1. The molecule has 0 aliphatic carbocycles. The lowest BCUT2D eigenvalue weighted by molar-refractivity contribution is 0.104. The molecule has 114 valence electrons. The summed E-state index contributed by atoms with van der Waals surface area (Å²) >= 11 is 0. The zero-order valence-electron chi connectivity index (χ0n) is 13.1. The molecule has 0 heterocycles. The number of fused-ring (bicyclic) bond motifs is 3.